The zero-order chi connectivity index (χ0) is 20.3. The van der Waals surface area contributed by atoms with Crippen LogP contribution in [0.2, 0.25) is 5.02 Å². The predicted molar refractivity (Wildman–Crippen MR) is 109 cm³/mol. The number of nitrogens with zero attached hydrogens (tertiary/aromatic N) is 2. The van der Waals surface area contributed by atoms with Gasteiger partial charge < -0.3 is 19.9 Å². The number of nitriles is 1. The van der Waals surface area contributed by atoms with Crippen LogP contribution in [0.4, 0.5) is 5.82 Å². The molecule has 0 radical (unpaired) electrons. The Kier molecular flexibility index (Phi) is 5.57. The van der Waals surface area contributed by atoms with Gasteiger partial charge in [0.25, 0.3) is 0 Å². The molecule has 0 atom stereocenters. The Balaban J connectivity index is 2.31. The Morgan fingerprint density at radius 3 is 2.21 bits per heavy atom. The number of nitrogens with two attached hydrogens (primary N) is 1. The van der Waals surface area contributed by atoms with E-state index in [-0.39, 0.29) is 11.4 Å². The number of ether oxygens (including phenoxy) is 3. The Labute approximate surface area is 168 Å². The third-order valence-corrected chi connectivity index (χ3v) is 4.51. The van der Waals surface area contributed by atoms with Crippen LogP contribution in [0.3, 0.4) is 0 Å². The number of rotatable bonds is 5. The molecule has 0 aliphatic carbocycles. The molecular formula is C21H18ClN3O3. The van der Waals surface area contributed by atoms with Gasteiger partial charge in [-0.1, -0.05) is 23.7 Å². The molecule has 0 saturated carbocycles. The Bertz CT molecular complexity index is 1080. The molecule has 0 saturated heterocycles. The van der Waals surface area contributed by atoms with Crippen molar-refractivity contribution in [2.45, 2.75) is 0 Å². The first-order chi connectivity index (χ1) is 13.5. The standard InChI is InChI=1S/C21H18ClN3O3/c1-26-18-10-20(28-3)19(27-2)9-15(18)14-8-17(25-21(24)16(14)11-23)12-5-4-6-13(22)7-12/h4-10H,1-3H3,(H2,24,25). The number of hydrogen-bond donors (Lipinski definition) is 1. The van der Waals surface area contributed by atoms with Gasteiger partial charge in [-0.15, -0.1) is 0 Å². The quantitative estimate of drug-likeness (QED) is 0.681. The van der Waals surface area contributed by atoms with Crippen molar-refractivity contribution in [1.29, 1.82) is 5.26 Å². The minimum absolute atomic E-state index is 0.117. The van der Waals surface area contributed by atoms with Crippen molar-refractivity contribution in [2.24, 2.45) is 0 Å². The minimum atomic E-state index is 0.117. The number of methoxy groups -OCH3 is 3. The van der Waals surface area contributed by atoms with Crippen LogP contribution in [-0.4, -0.2) is 26.3 Å². The second-order valence-corrected chi connectivity index (χ2v) is 6.28. The fraction of sp³-hybridized carbons (Fsp3) is 0.143. The first-order valence-electron chi connectivity index (χ1n) is 8.29. The van der Waals surface area contributed by atoms with E-state index in [0.29, 0.717) is 39.1 Å². The van der Waals surface area contributed by atoms with Crippen LogP contribution in [0.1, 0.15) is 5.56 Å². The van der Waals surface area contributed by atoms with E-state index < -0.39 is 0 Å². The molecule has 6 nitrogen and oxygen atoms in total. The summed E-state index contributed by atoms with van der Waals surface area (Å²) >= 11 is 6.11. The number of halogens is 1. The number of nitrogen functional groups attached to an aromatic ring is 1. The van der Waals surface area contributed by atoms with Gasteiger partial charge in [-0.25, -0.2) is 4.98 Å². The van der Waals surface area contributed by atoms with E-state index >= 15 is 0 Å². The van der Waals surface area contributed by atoms with Gasteiger partial charge >= 0.3 is 0 Å². The third kappa shape index (κ3) is 3.53. The van der Waals surface area contributed by atoms with E-state index in [0.717, 1.165) is 5.56 Å². The highest BCUT2D eigenvalue weighted by Crippen LogP contribution is 2.42. The molecule has 0 spiro atoms. The van der Waals surface area contributed by atoms with Crippen LogP contribution in [0.25, 0.3) is 22.4 Å². The Hall–Kier alpha value is -3.43. The predicted octanol–water partition coefficient (Wildman–Crippen LogP) is 4.55. The smallest absolute Gasteiger partial charge is 0.164 e. The average Bonchev–Trinajstić information content (AvgIpc) is 2.72. The molecule has 0 unspecified atom stereocenters. The summed E-state index contributed by atoms with van der Waals surface area (Å²) in [6, 6.07) is 14.6. The van der Waals surface area contributed by atoms with Crippen LogP contribution >= 0.6 is 11.6 Å². The zero-order valence-corrected chi connectivity index (χ0v) is 16.4. The fourth-order valence-electron chi connectivity index (χ4n) is 2.93. The lowest BCUT2D eigenvalue weighted by atomic mass is 9.97. The van der Waals surface area contributed by atoms with Gasteiger partial charge in [-0.2, -0.15) is 5.26 Å². The van der Waals surface area contributed by atoms with Gasteiger partial charge in [0.2, 0.25) is 0 Å². The Morgan fingerprint density at radius 1 is 0.929 bits per heavy atom. The molecule has 2 N–H and O–H groups in total. The number of benzene rings is 2. The number of anilines is 1. The number of aromatic nitrogens is 1. The minimum Gasteiger partial charge on any atom is -0.496 e. The first-order valence-corrected chi connectivity index (χ1v) is 8.67. The highest BCUT2D eigenvalue weighted by molar-refractivity contribution is 6.30. The molecule has 1 heterocycles. The van der Waals surface area contributed by atoms with Crippen LogP contribution in [-0.2, 0) is 0 Å². The first kappa shape index (κ1) is 19.3. The molecule has 28 heavy (non-hydrogen) atoms. The summed E-state index contributed by atoms with van der Waals surface area (Å²) in [7, 11) is 4.62. The normalized spacial score (nSPS) is 10.2. The molecule has 0 aliphatic rings. The van der Waals surface area contributed by atoms with Crippen molar-refractivity contribution in [3.63, 3.8) is 0 Å². The van der Waals surface area contributed by atoms with Crippen molar-refractivity contribution in [1.82, 2.24) is 4.98 Å². The van der Waals surface area contributed by atoms with Crippen LogP contribution < -0.4 is 19.9 Å². The highest BCUT2D eigenvalue weighted by Gasteiger charge is 2.19. The summed E-state index contributed by atoms with van der Waals surface area (Å²) in [5.41, 5.74) is 8.92. The van der Waals surface area contributed by atoms with Crippen LogP contribution in [0.5, 0.6) is 17.2 Å². The molecule has 142 valence electrons. The van der Waals surface area contributed by atoms with E-state index in [4.69, 9.17) is 31.5 Å². The molecule has 0 aliphatic heterocycles. The zero-order valence-electron chi connectivity index (χ0n) is 15.6. The van der Waals surface area contributed by atoms with E-state index in [9.17, 15) is 5.26 Å². The lowest BCUT2D eigenvalue weighted by Crippen LogP contribution is -2.01. The van der Waals surface area contributed by atoms with Crippen molar-refractivity contribution >= 4 is 17.4 Å². The lowest BCUT2D eigenvalue weighted by molar-refractivity contribution is 0.349. The summed E-state index contributed by atoms with van der Waals surface area (Å²) in [6.07, 6.45) is 0. The molecule has 0 amide bonds. The van der Waals surface area contributed by atoms with E-state index in [1.165, 1.54) is 7.11 Å². The van der Waals surface area contributed by atoms with Gasteiger partial charge in [0.15, 0.2) is 11.5 Å². The summed E-state index contributed by atoms with van der Waals surface area (Å²) in [6.45, 7) is 0. The van der Waals surface area contributed by atoms with Crippen molar-refractivity contribution < 1.29 is 14.2 Å². The summed E-state index contributed by atoms with van der Waals surface area (Å²) in [4.78, 5) is 4.37. The van der Waals surface area contributed by atoms with Crippen molar-refractivity contribution in [3.8, 4) is 45.7 Å². The maximum absolute atomic E-state index is 9.67. The number of pyridine rings is 1. The Morgan fingerprint density at radius 2 is 1.61 bits per heavy atom. The van der Waals surface area contributed by atoms with Crippen molar-refractivity contribution in [3.05, 3.63) is 53.1 Å². The molecule has 0 fully saturated rings. The third-order valence-electron chi connectivity index (χ3n) is 4.28. The molecule has 1 aromatic heterocycles. The van der Waals surface area contributed by atoms with Gasteiger partial charge in [0.05, 0.1) is 27.0 Å². The van der Waals surface area contributed by atoms with E-state index in [1.807, 2.05) is 12.1 Å². The molecule has 0 bridgehead atoms. The monoisotopic (exact) mass is 395 g/mol. The van der Waals surface area contributed by atoms with Gasteiger partial charge in [-0.05, 0) is 24.3 Å². The van der Waals surface area contributed by atoms with E-state index in [1.54, 1.807) is 44.6 Å². The van der Waals surface area contributed by atoms with Crippen molar-refractivity contribution in [2.75, 3.05) is 27.1 Å². The second-order valence-electron chi connectivity index (χ2n) is 5.84. The highest BCUT2D eigenvalue weighted by atomic mass is 35.5. The molecule has 7 heteroatoms. The van der Waals surface area contributed by atoms with Gasteiger partial charge in [-0.3, -0.25) is 0 Å². The molecule has 3 aromatic rings. The fourth-order valence-corrected chi connectivity index (χ4v) is 3.12. The van der Waals surface area contributed by atoms with Gasteiger partial charge in [0, 0.05) is 27.8 Å². The molecule has 2 aromatic carbocycles. The van der Waals surface area contributed by atoms with E-state index in [2.05, 4.69) is 11.1 Å². The largest absolute Gasteiger partial charge is 0.496 e. The maximum atomic E-state index is 9.67. The topological polar surface area (TPSA) is 90.4 Å². The lowest BCUT2D eigenvalue weighted by Gasteiger charge is -2.16. The molecular weight excluding hydrogens is 378 g/mol. The summed E-state index contributed by atoms with van der Waals surface area (Å²) < 4.78 is 16.3. The maximum Gasteiger partial charge on any atom is 0.164 e. The second kappa shape index (κ2) is 8.07. The van der Waals surface area contributed by atoms with Gasteiger partial charge in [0.1, 0.15) is 23.2 Å². The summed E-state index contributed by atoms with van der Waals surface area (Å²) in [5.74, 6) is 1.64. The van der Waals surface area contributed by atoms with Crippen LogP contribution in [0.15, 0.2) is 42.5 Å². The summed E-state index contributed by atoms with van der Waals surface area (Å²) in [5, 5.41) is 10.2. The molecule has 3 rings (SSSR count). The number of hydrogen-bond acceptors (Lipinski definition) is 6. The van der Waals surface area contributed by atoms with Crippen LogP contribution in [0, 0.1) is 11.3 Å². The average molecular weight is 396 g/mol. The SMILES string of the molecule is COc1cc(OC)c(-c2cc(-c3cccc(Cl)c3)nc(N)c2C#N)cc1OC.